The average molecular weight is 398 g/mol. The fourth-order valence-corrected chi connectivity index (χ4v) is 2.79. The maximum atomic E-state index is 12.2. The molecule has 1 aliphatic heterocycles. The Balaban J connectivity index is 0.000000449. The Kier molecular flexibility index (Phi) is 8.56. The average Bonchev–Trinajstić information content (AvgIpc) is 3.42. The lowest BCUT2D eigenvalue weighted by molar-refractivity contribution is -0.126. The number of ether oxygens (including phenoxy) is 3. The SMILES string of the molecule is CC.COC=O.O=C(NCCc1c[nH]c2ccccc12)c1ccc2c(c1)OCO2. The van der Waals surface area contributed by atoms with Crippen LogP contribution in [0.2, 0.25) is 0 Å². The Morgan fingerprint density at radius 1 is 1.17 bits per heavy atom. The van der Waals surface area contributed by atoms with E-state index in [1.807, 2.05) is 38.2 Å². The Labute approximate surface area is 170 Å². The van der Waals surface area contributed by atoms with Crippen LogP contribution in [0.1, 0.15) is 29.8 Å². The molecule has 29 heavy (non-hydrogen) atoms. The summed E-state index contributed by atoms with van der Waals surface area (Å²) in [6.45, 7) is 5.16. The van der Waals surface area contributed by atoms with Gasteiger partial charge in [0.05, 0.1) is 7.11 Å². The number of aromatic nitrogens is 1. The second-order valence-corrected chi connectivity index (χ2v) is 5.77. The van der Waals surface area contributed by atoms with Crippen LogP contribution in [0, 0.1) is 0 Å². The number of nitrogens with one attached hydrogen (secondary N) is 2. The van der Waals surface area contributed by atoms with E-state index in [1.165, 1.54) is 18.1 Å². The van der Waals surface area contributed by atoms with Gasteiger partial charge in [-0.1, -0.05) is 32.0 Å². The lowest BCUT2D eigenvalue weighted by Crippen LogP contribution is -2.25. The van der Waals surface area contributed by atoms with Crippen molar-refractivity contribution in [3.05, 3.63) is 59.8 Å². The molecule has 1 aliphatic rings. The highest BCUT2D eigenvalue weighted by atomic mass is 16.7. The zero-order chi connectivity index (χ0) is 21.1. The molecule has 1 aromatic heterocycles. The van der Waals surface area contributed by atoms with Gasteiger partial charge in [-0.2, -0.15) is 0 Å². The monoisotopic (exact) mass is 398 g/mol. The van der Waals surface area contributed by atoms with Gasteiger partial charge in [-0.05, 0) is 36.2 Å². The number of H-pyrrole nitrogens is 1. The standard InChI is InChI=1S/C18H16N2O3.C2H4O2.C2H6/c21-18(12-5-6-16-17(9-12)23-11-22-16)19-8-7-13-10-20-15-4-2-1-3-14(13)15;1-4-2-3;1-2/h1-6,9-10,20H,7-8,11H2,(H,19,21);2H,1H3;1-2H3. The highest BCUT2D eigenvalue weighted by Gasteiger charge is 2.16. The zero-order valence-corrected chi connectivity index (χ0v) is 16.9. The van der Waals surface area contributed by atoms with Gasteiger partial charge in [0.25, 0.3) is 12.4 Å². The molecular weight excluding hydrogens is 372 g/mol. The third kappa shape index (κ3) is 5.75. The van der Waals surface area contributed by atoms with E-state index in [9.17, 15) is 4.79 Å². The number of rotatable bonds is 5. The van der Waals surface area contributed by atoms with Gasteiger partial charge >= 0.3 is 0 Å². The summed E-state index contributed by atoms with van der Waals surface area (Å²) in [4.78, 5) is 24.4. The first kappa shape index (κ1) is 21.8. The molecule has 0 bridgehead atoms. The topological polar surface area (TPSA) is 89.7 Å². The summed E-state index contributed by atoms with van der Waals surface area (Å²) in [6.07, 6.45) is 2.78. The quantitative estimate of drug-likeness (QED) is 0.640. The van der Waals surface area contributed by atoms with Gasteiger partial charge in [0, 0.05) is 29.2 Å². The molecule has 0 aliphatic carbocycles. The molecule has 2 N–H and O–H groups in total. The fourth-order valence-electron chi connectivity index (χ4n) is 2.79. The molecule has 0 radical (unpaired) electrons. The summed E-state index contributed by atoms with van der Waals surface area (Å²) in [6, 6.07) is 13.4. The summed E-state index contributed by atoms with van der Waals surface area (Å²) in [5.74, 6) is 1.19. The minimum atomic E-state index is -0.108. The summed E-state index contributed by atoms with van der Waals surface area (Å²) >= 11 is 0. The third-order valence-corrected chi connectivity index (χ3v) is 4.09. The van der Waals surface area contributed by atoms with Crippen LogP contribution in [-0.2, 0) is 16.0 Å². The maximum Gasteiger partial charge on any atom is 0.292 e. The smallest absolute Gasteiger partial charge is 0.292 e. The highest BCUT2D eigenvalue weighted by molar-refractivity contribution is 5.95. The largest absolute Gasteiger partial charge is 0.471 e. The van der Waals surface area contributed by atoms with Crippen molar-refractivity contribution in [1.29, 1.82) is 0 Å². The first-order valence-corrected chi connectivity index (χ1v) is 9.42. The summed E-state index contributed by atoms with van der Waals surface area (Å²) in [7, 11) is 1.31. The zero-order valence-electron chi connectivity index (χ0n) is 16.9. The molecule has 7 heteroatoms. The van der Waals surface area contributed by atoms with E-state index in [-0.39, 0.29) is 12.7 Å². The van der Waals surface area contributed by atoms with Crippen molar-refractivity contribution in [2.75, 3.05) is 20.4 Å². The van der Waals surface area contributed by atoms with Gasteiger partial charge in [-0.15, -0.1) is 0 Å². The van der Waals surface area contributed by atoms with Crippen molar-refractivity contribution in [3.63, 3.8) is 0 Å². The molecule has 0 saturated heterocycles. The Morgan fingerprint density at radius 3 is 2.66 bits per heavy atom. The van der Waals surface area contributed by atoms with Crippen molar-refractivity contribution in [1.82, 2.24) is 10.3 Å². The van der Waals surface area contributed by atoms with E-state index in [1.54, 1.807) is 18.2 Å². The minimum Gasteiger partial charge on any atom is -0.471 e. The van der Waals surface area contributed by atoms with Crippen molar-refractivity contribution in [2.45, 2.75) is 20.3 Å². The minimum absolute atomic E-state index is 0.108. The molecular formula is C22H26N2O5. The molecule has 1 amide bonds. The second-order valence-electron chi connectivity index (χ2n) is 5.77. The number of fused-ring (bicyclic) bond motifs is 2. The third-order valence-electron chi connectivity index (χ3n) is 4.09. The van der Waals surface area contributed by atoms with E-state index < -0.39 is 0 Å². The first-order chi connectivity index (χ1) is 14.2. The van der Waals surface area contributed by atoms with Gasteiger partial charge in [-0.3, -0.25) is 9.59 Å². The molecule has 7 nitrogen and oxygen atoms in total. The number of benzene rings is 2. The van der Waals surface area contributed by atoms with Crippen LogP contribution in [0.25, 0.3) is 10.9 Å². The van der Waals surface area contributed by atoms with Crippen LogP contribution in [-0.4, -0.2) is 37.8 Å². The Bertz CT molecular complexity index is 936. The lowest BCUT2D eigenvalue weighted by Gasteiger charge is -2.06. The van der Waals surface area contributed by atoms with E-state index >= 15 is 0 Å². The van der Waals surface area contributed by atoms with Crippen molar-refractivity contribution in [2.24, 2.45) is 0 Å². The highest BCUT2D eigenvalue weighted by Crippen LogP contribution is 2.32. The number of carbonyl (C=O) groups is 2. The van der Waals surface area contributed by atoms with Crippen molar-refractivity contribution >= 4 is 23.3 Å². The van der Waals surface area contributed by atoms with Crippen LogP contribution in [0.5, 0.6) is 11.5 Å². The number of hydrogen-bond acceptors (Lipinski definition) is 5. The van der Waals surface area contributed by atoms with E-state index in [0.717, 1.165) is 11.9 Å². The van der Waals surface area contributed by atoms with Crippen LogP contribution in [0.3, 0.4) is 0 Å². The van der Waals surface area contributed by atoms with Gasteiger partial charge in [0.1, 0.15) is 0 Å². The van der Waals surface area contributed by atoms with Crippen LogP contribution in [0.4, 0.5) is 0 Å². The van der Waals surface area contributed by atoms with Gasteiger partial charge < -0.3 is 24.5 Å². The molecule has 0 atom stereocenters. The summed E-state index contributed by atoms with van der Waals surface area (Å²) in [5, 5.41) is 4.14. The number of methoxy groups -OCH3 is 1. The number of carbonyl (C=O) groups excluding carboxylic acids is 2. The van der Waals surface area contributed by atoms with Crippen LogP contribution < -0.4 is 14.8 Å². The summed E-state index contributed by atoms with van der Waals surface area (Å²) < 4.78 is 14.4. The van der Waals surface area contributed by atoms with E-state index in [2.05, 4.69) is 21.1 Å². The summed E-state index contributed by atoms with van der Waals surface area (Å²) in [5.41, 5.74) is 2.89. The van der Waals surface area contributed by atoms with Crippen LogP contribution >= 0.6 is 0 Å². The molecule has 0 spiro atoms. The first-order valence-electron chi connectivity index (χ1n) is 9.42. The molecule has 0 unspecified atom stereocenters. The van der Waals surface area contributed by atoms with E-state index in [4.69, 9.17) is 14.3 Å². The number of para-hydroxylation sites is 1. The van der Waals surface area contributed by atoms with Gasteiger partial charge in [0.15, 0.2) is 11.5 Å². The molecule has 3 aromatic rings. The molecule has 4 rings (SSSR count). The number of aromatic amines is 1. The molecule has 2 heterocycles. The molecule has 2 aromatic carbocycles. The fraction of sp³-hybridized carbons (Fsp3) is 0.273. The van der Waals surface area contributed by atoms with Crippen molar-refractivity contribution in [3.8, 4) is 11.5 Å². The number of amides is 1. The number of hydrogen-bond donors (Lipinski definition) is 2. The van der Waals surface area contributed by atoms with Gasteiger partial charge in [0.2, 0.25) is 6.79 Å². The predicted octanol–water partition coefficient (Wildman–Crippen LogP) is 3.68. The normalized spacial score (nSPS) is 10.9. The second kappa shape index (κ2) is 11.4. The van der Waals surface area contributed by atoms with E-state index in [0.29, 0.717) is 30.1 Å². The van der Waals surface area contributed by atoms with Crippen LogP contribution in [0.15, 0.2) is 48.7 Å². The molecule has 0 saturated carbocycles. The Morgan fingerprint density at radius 2 is 1.90 bits per heavy atom. The molecule has 154 valence electrons. The lowest BCUT2D eigenvalue weighted by atomic mass is 10.1. The maximum absolute atomic E-state index is 12.2. The Hall–Kier alpha value is -3.48. The molecule has 0 fully saturated rings. The van der Waals surface area contributed by atoms with Gasteiger partial charge in [-0.25, -0.2) is 0 Å². The van der Waals surface area contributed by atoms with Crippen molar-refractivity contribution < 1.29 is 23.8 Å². The predicted molar refractivity (Wildman–Crippen MR) is 111 cm³/mol.